The Bertz CT molecular complexity index is 1230. The van der Waals surface area contributed by atoms with Gasteiger partial charge in [0.05, 0.1) is 17.0 Å². The monoisotopic (exact) mass is 417 g/mol. The summed E-state index contributed by atoms with van der Waals surface area (Å²) in [6.45, 7) is 4.12. The largest absolute Gasteiger partial charge is 0.377 e. The van der Waals surface area contributed by atoms with Crippen LogP contribution in [0.2, 0.25) is 0 Å². The molecule has 31 heavy (non-hydrogen) atoms. The van der Waals surface area contributed by atoms with E-state index in [1.54, 1.807) is 18.2 Å². The number of fused-ring (bicyclic) bond motifs is 2. The van der Waals surface area contributed by atoms with Crippen LogP contribution < -0.4 is 5.56 Å². The number of rotatable bonds is 2. The Hall–Kier alpha value is -3.01. The first-order valence-electron chi connectivity index (χ1n) is 10.8. The number of ether oxygens (including phenoxy) is 1. The summed E-state index contributed by atoms with van der Waals surface area (Å²) in [7, 11) is 0. The maximum Gasteiger partial charge on any atom is 0.261 e. The molecule has 1 fully saturated rings. The molecule has 5 nitrogen and oxygen atoms in total. The molecule has 1 unspecified atom stereocenters. The third-order valence-electron chi connectivity index (χ3n) is 5.99. The molecule has 3 heterocycles. The van der Waals surface area contributed by atoms with Crippen LogP contribution in [-0.4, -0.2) is 46.8 Å². The minimum absolute atomic E-state index is 0.00334. The Morgan fingerprint density at radius 3 is 2.77 bits per heavy atom. The van der Waals surface area contributed by atoms with E-state index in [4.69, 9.17) is 9.72 Å². The van der Waals surface area contributed by atoms with Crippen molar-refractivity contribution >= 4 is 10.9 Å². The molecule has 2 aliphatic heterocycles. The van der Waals surface area contributed by atoms with E-state index in [-0.39, 0.29) is 11.4 Å². The van der Waals surface area contributed by atoms with Crippen LogP contribution in [0.15, 0.2) is 47.3 Å². The highest BCUT2D eigenvalue weighted by molar-refractivity contribution is 5.79. The summed E-state index contributed by atoms with van der Waals surface area (Å²) >= 11 is 0. The van der Waals surface area contributed by atoms with Crippen LogP contribution in [0.5, 0.6) is 0 Å². The summed E-state index contributed by atoms with van der Waals surface area (Å²) in [5.41, 5.74) is 2.03. The number of hydrogen-bond donors (Lipinski definition) is 0. The van der Waals surface area contributed by atoms with E-state index in [1.807, 2.05) is 16.7 Å². The lowest BCUT2D eigenvalue weighted by atomic mass is 10.1. The molecule has 1 aromatic heterocycles. The first kappa shape index (κ1) is 19.9. The van der Waals surface area contributed by atoms with Gasteiger partial charge in [-0.1, -0.05) is 17.9 Å². The molecule has 6 heteroatoms. The highest BCUT2D eigenvalue weighted by atomic mass is 19.1. The molecule has 1 saturated heterocycles. The van der Waals surface area contributed by atoms with E-state index in [1.165, 1.54) is 12.1 Å². The molecule has 0 bridgehead atoms. The van der Waals surface area contributed by atoms with Crippen molar-refractivity contribution in [3.63, 3.8) is 0 Å². The van der Waals surface area contributed by atoms with E-state index >= 15 is 0 Å². The lowest BCUT2D eigenvalue weighted by molar-refractivity contribution is 0.0738. The molecule has 0 aliphatic carbocycles. The van der Waals surface area contributed by atoms with Crippen molar-refractivity contribution in [3.8, 4) is 11.8 Å². The van der Waals surface area contributed by atoms with E-state index < -0.39 is 0 Å². The summed E-state index contributed by atoms with van der Waals surface area (Å²) < 4.78 is 20.9. The Kier molecular flexibility index (Phi) is 5.54. The van der Waals surface area contributed by atoms with Gasteiger partial charge in [-0.15, -0.1) is 0 Å². The molecule has 0 spiro atoms. The number of hydrogen-bond acceptors (Lipinski definition) is 4. The lowest BCUT2D eigenvalue weighted by Gasteiger charge is -2.22. The van der Waals surface area contributed by atoms with Crippen molar-refractivity contribution < 1.29 is 9.13 Å². The van der Waals surface area contributed by atoms with Gasteiger partial charge < -0.3 is 4.74 Å². The SMILES string of the molecule is O=c1c2ccc(C#Cc3cccc(F)c3)cc2nc2n1CCN(CC1CCCO1)CC2. The molecule has 0 saturated carbocycles. The zero-order valence-electron chi connectivity index (χ0n) is 17.3. The zero-order valence-corrected chi connectivity index (χ0v) is 17.3. The van der Waals surface area contributed by atoms with Crippen LogP contribution in [0.1, 0.15) is 29.8 Å². The number of benzene rings is 2. The van der Waals surface area contributed by atoms with Crippen LogP contribution in [-0.2, 0) is 17.7 Å². The number of nitrogens with zero attached hydrogens (tertiary/aromatic N) is 3. The van der Waals surface area contributed by atoms with Gasteiger partial charge in [-0.25, -0.2) is 9.37 Å². The van der Waals surface area contributed by atoms with E-state index in [2.05, 4.69) is 16.7 Å². The fraction of sp³-hybridized carbons (Fsp3) is 0.360. The van der Waals surface area contributed by atoms with Gasteiger partial charge >= 0.3 is 0 Å². The average Bonchev–Trinajstić information content (AvgIpc) is 3.20. The standard InChI is InChI=1S/C25H24FN3O2/c26-20-4-1-3-18(15-20)6-7-19-8-9-22-23(16-19)27-24-10-11-28(12-13-29(24)25(22)30)17-21-5-2-14-31-21/h1,3-4,8-9,15-16,21H,2,5,10-14,17H2. The normalized spacial score (nSPS) is 18.9. The molecule has 3 aromatic rings. The van der Waals surface area contributed by atoms with Gasteiger partial charge in [0.15, 0.2) is 0 Å². The van der Waals surface area contributed by atoms with Crippen molar-refractivity contribution in [2.45, 2.75) is 31.9 Å². The quantitative estimate of drug-likeness (QED) is 0.602. The van der Waals surface area contributed by atoms with Gasteiger partial charge in [-0.3, -0.25) is 14.3 Å². The van der Waals surface area contributed by atoms with Crippen LogP contribution in [0.3, 0.4) is 0 Å². The van der Waals surface area contributed by atoms with Crippen molar-refractivity contribution in [2.24, 2.45) is 0 Å². The first-order valence-corrected chi connectivity index (χ1v) is 10.8. The third kappa shape index (κ3) is 4.39. The molecule has 0 N–H and O–H groups in total. The Morgan fingerprint density at radius 1 is 1.10 bits per heavy atom. The molecular formula is C25H24FN3O2. The Labute approximate surface area is 180 Å². The van der Waals surface area contributed by atoms with Gasteiger partial charge in [0.1, 0.15) is 11.6 Å². The van der Waals surface area contributed by atoms with Gasteiger partial charge in [0.2, 0.25) is 0 Å². The van der Waals surface area contributed by atoms with E-state index in [0.717, 1.165) is 56.9 Å². The second-order valence-electron chi connectivity index (χ2n) is 8.16. The van der Waals surface area contributed by atoms with Crippen molar-refractivity contribution in [1.82, 2.24) is 14.5 Å². The van der Waals surface area contributed by atoms with Crippen LogP contribution in [0, 0.1) is 17.7 Å². The Balaban J connectivity index is 1.41. The second kappa shape index (κ2) is 8.62. The molecule has 0 amide bonds. The van der Waals surface area contributed by atoms with E-state index in [9.17, 15) is 9.18 Å². The van der Waals surface area contributed by atoms with Gasteiger partial charge in [0.25, 0.3) is 5.56 Å². The fourth-order valence-electron chi connectivity index (χ4n) is 4.35. The zero-order chi connectivity index (χ0) is 21.2. The maximum absolute atomic E-state index is 13.4. The maximum atomic E-state index is 13.4. The van der Waals surface area contributed by atoms with Gasteiger partial charge in [-0.05, 0) is 49.2 Å². The average molecular weight is 417 g/mol. The number of aromatic nitrogens is 2. The minimum atomic E-state index is -0.309. The summed E-state index contributed by atoms with van der Waals surface area (Å²) in [6, 6.07) is 11.7. The van der Waals surface area contributed by atoms with Crippen LogP contribution in [0.4, 0.5) is 4.39 Å². The van der Waals surface area contributed by atoms with Crippen LogP contribution >= 0.6 is 0 Å². The molecule has 2 aliphatic rings. The molecule has 2 aromatic carbocycles. The molecule has 5 rings (SSSR count). The lowest BCUT2D eigenvalue weighted by Crippen LogP contribution is -2.35. The molecular weight excluding hydrogens is 393 g/mol. The van der Waals surface area contributed by atoms with Crippen LogP contribution in [0.25, 0.3) is 10.9 Å². The molecule has 1 atom stereocenters. The third-order valence-corrected chi connectivity index (χ3v) is 5.99. The second-order valence-corrected chi connectivity index (χ2v) is 8.16. The predicted molar refractivity (Wildman–Crippen MR) is 118 cm³/mol. The highest BCUT2D eigenvalue weighted by Crippen LogP contribution is 2.17. The molecule has 0 radical (unpaired) electrons. The van der Waals surface area contributed by atoms with Crippen molar-refractivity contribution in [2.75, 3.05) is 26.2 Å². The summed E-state index contributed by atoms with van der Waals surface area (Å²) in [4.78, 5) is 20.3. The van der Waals surface area contributed by atoms with Gasteiger partial charge in [0, 0.05) is 50.3 Å². The fourth-order valence-corrected chi connectivity index (χ4v) is 4.35. The predicted octanol–water partition coefficient (Wildman–Crippen LogP) is 2.97. The summed E-state index contributed by atoms with van der Waals surface area (Å²) in [5.74, 6) is 6.54. The summed E-state index contributed by atoms with van der Waals surface area (Å²) in [5, 5.41) is 0.604. The molecule has 158 valence electrons. The van der Waals surface area contributed by atoms with E-state index in [0.29, 0.717) is 29.1 Å². The van der Waals surface area contributed by atoms with Crippen molar-refractivity contribution in [3.05, 3.63) is 75.6 Å². The minimum Gasteiger partial charge on any atom is -0.377 e. The summed E-state index contributed by atoms with van der Waals surface area (Å²) in [6.07, 6.45) is 3.29. The first-order chi connectivity index (χ1) is 15.2. The smallest absolute Gasteiger partial charge is 0.261 e. The Morgan fingerprint density at radius 2 is 1.97 bits per heavy atom. The highest BCUT2D eigenvalue weighted by Gasteiger charge is 2.22. The topological polar surface area (TPSA) is 47.4 Å². The van der Waals surface area contributed by atoms with Crippen molar-refractivity contribution in [1.29, 1.82) is 0 Å². The number of halogens is 1. The van der Waals surface area contributed by atoms with Gasteiger partial charge in [-0.2, -0.15) is 0 Å².